The Labute approximate surface area is 231 Å². The minimum atomic E-state index is -0.727. The second-order valence-corrected chi connectivity index (χ2v) is 10.4. The van der Waals surface area contributed by atoms with Crippen molar-refractivity contribution in [3.05, 3.63) is 40.4 Å². The molecule has 3 rings (SSSR count). The van der Waals surface area contributed by atoms with E-state index in [9.17, 15) is 9.59 Å². The quantitative estimate of drug-likeness (QED) is 0.325. The van der Waals surface area contributed by atoms with Crippen LogP contribution in [0.1, 0.15) is 53.0 Å². The Hall–Kier alpha value is -3.15. The molecule has 0 aliphatic rings. The van der Waals surface area contributed by atoms with Gasteiger partial charge in [0.15, 0.2) is 17.0 Å². The zero-order chi connectivity index (χ0) is 28.0. The molecular formula is C25H32Cl2N6O5. The fraction of sp³-hybridized carbons (Fsp3) is 0.480. The molecule has 0 bridgehead atoms. The van der Waals surface area contributed by atoms with Crippen molar-refractivity contribution < 1.29 is 23.8 Å². The molecule has 1 aromatic carbocycles. The van der Waals surface area contributed by atoms with Crippen LogP contribution in [0.3, 0.4) is 0 Å². The van der Waals surface area contributed by atoms with Crippen LogP contribution in [0.25, 0.3) is 11.2 Å². The number of nitrogens with one attached hydrogen (secondary N) is 1. The van der Waals surface area contributed by atoms with Gasteiger partial charge < -0.3 is 24.5 Å². The van der Waals surface area contributed by atoms with Crippen LogP contribution in [0.15, 0.2) is 24.8 Å². The van der Waals surface area contributed by atoms with E-state index in [2.05, 4.69) is 20.3 Å². The smallest absolute Gasteiger partial charge is 0.413 e. The van der Waals surface area contributed by atoms with Crippen molar-refractivity contribution in [2.24, 2.45) is 5.73 Å². The van der Waals surface area contributed by atoms with Gasteiger partial charge in [-0.05, 0) is 59.6 Å². The van der Waals surface area contributed by atoms with Gasteiger partial charge in [0.2, 0.25) is 0 Å². The Morgan fingerprint density at radius 2 is 1.89 bits per heavy atom. The van der Waals surface area contributed by atoms with Gasteiger partial charge in [0, 0.05) is 5.56 Å². The van der Waals surface area contributed by atoms with Crippen molar-refractivity contribution in [3.8, 4) is 5.75 Å². The zero-order valence-corrected chi connectivity index (χ0v) is 23.5. The summed E-state index contributed by atoms with van der Waals surface area (Å²) in [6.07, 6.45) is 2.85. The first kappa shape index (κ1) is 29.4. The Balaban J connectivity index is 1.80. The summed E-state index contributed by atoms with van der Waals surface area (Å²) in [5, 5.41) is 3.29. The SMILES string of the molecule is CCOC(=O)[C@H](N)CCC(C)Oc1ccc(Cl)c(Cl)c1Cn1cnc2c(NC(=O)OC(C)(C)C)ncnc21. The van der Waals surface area contributed by atoms with E-state index < -0.39 is 23.7 Å². The largest absolute Gasteiger partial charge is 0.490 e. The monoisotopic (exact) mass is 566 g/mol. The molecule has 2 aromatic heterocycles. The van der Waals surface area contributed by atoms with Crippen LogP contribution >= 0.6 is 23.2 Å². The van der Waals surface area contributed by atoms with Crippen LogP contribution in [0.5, 0.6) is 5.75 Å². The van der Waals surface area contributed by atoms with Gasteiger partial charge in [0.25, 0.3) is 0 Å². The third kappa shape index (κ3) is 7.68. The molecule has 0 radical (unpaired) electrons. The number of imidazole rings is 1. The molecule has 0 saturated heterocycles. The first-order valence-corrected chi connectivity index (χ1v) is 12.9. The summed E-state index contributed by atoms with van der Waals surface area (Å²) < 4.78 is 18.2. The Bertz CT molecular complexity index is 1290. The number of benzene rings is 1. The maximum absolute atomic E-state index is 12.3. The van der Waals surface area contributed by atoms with E-state index in [0.717, 1.165) is 0 Å². The summed E-state index contributed by atoms with van der Waals surface area (Å²) in [7, 11) is 0. The molecule has 0 spiro atoms. The number of carbonyl (C=O) groups excluding carboxylic acids is 2. The summed E-state index contributed by atoms with van der Waals surface area (Å²) in [4.78, 5) is 36.9. The fourth-order valence-electron chi connectivity index (χ4n) is 3.55. The first-order valence-electron chi connectivity index (χ1n) is 12.1. The van der Waals surface area contributed by atoms with Gasteiger partial charge in [-0.25, -0.2) is 19.7 Å². The van der Waals surface area contributed by atoms with Crippen molar-refractivity contribution in [1.82, 2.24) is 19.5 Å². The number of hydrogen-bond acceptors (Lipinski definition) is 9. The Morgan fingerprint density at radius 3 is 2.58 bits per heavy atom. The number of ether oxygens (including phenoxy) is 3. The second-order valence-electron chi connectivity index (χ2n) is 9.60. The number of carbonyl (C=O) groups is 2. The highest BCUT2D eigenvalue weighted by Gasteiger charge is 2.21. The summed E-state index contributed by atoms with van der Waals surface area (Å²) in [5.74, 6) is 0.285. The lowest BCUT2D eigenvalue weighted by Crippen LogP contribution is -2.33. The predicted octanol–water partition coefficient (Wildman–Crippen LogP) is 4.97. The van der Waals surface area contributed by atoms with Gasteiger partial charge in [-0.1, -0.05) is 23.2 Å². The lowest BCUT2D eigenvalue weighted by Gasteiger charge is -2.20. The Kier molecular flexibility index (Phi) is 9.75. The standard InChI is InChI=1S/C25H32Cl2N6O5/c1-6-36-23(34)17(28)9-7-14(2)37-18-10-8-16(26)19(27)15(18)11-33-13-31-20-21(29-12-30-22(20)33)32-24(35)38-25(3,4)5/h8,10,12-14,17H,6-7,9,11,28H2,1-5H3,(H,29,30,32,35)/t14?,17-/m1/s1. The van der Waals surface area contributed by atoms with Crippen LogP contribution in [0.4, 0.5) is 10.6 Å². The van der Waals surface area contributed by atoms with E-state index in [1.54, 1.807) is 50.7 Å². The Morgan fingerprint density at radius 1 is 1.16 bits per heavy atom. The molecule has 3 N–H and O–H groups in total. The zero-order valence-electron chi connectivity index (χ0n) is 22.0. The molecule has 11 nitrogen and oxygen atoms in total. The maximum atomic E-state index is 12.3. The number of esters is 1. The van der Waals surface area contributed by atoms with Gasteiger partial charge in [0.05, 0.1) is 35.6 Å². The van der Waals surface area contributed by atoms with E-state index in [4.69, 9.17) is 43.1 Å². The number of nitrogens with zero attached hydrogens (tertiary/aromatic N) is 4. The molecule has 2 heterocycles. The highest BCUT2D eigenvalue weighted by molar-refractivity contribution is 6.42. The van der Waals surface area contributed by atoms with Gasteiger partial charge in [-0.2, -0.15) is 0 Å². The van der Waals surface area contributed by atoms with Crippen LogP contribution in [-0.2, 0) is 20.8 Å². The number of aromatic nitrogens is 4. The average molecular weight is 567 g/mol. The van der Waals surface area contributed by atoms with Gasteiger partial charge in [-0.15, -0.1) is 0 Å². The number of hydrogen-bond donors (Lipinski definition) is 2. The fourth-order valence-corrected chi connectivity index (χ4v) is 3.94. The highest BCUT2D eigenvalue weighted by atomic mass is 35.5. The molecule has 3 aromatic rings. The molecule has 0 saturated carbocycles. The summed E-state index contributed by atoms with van der Waals surface area (Å²) in [6, 6.07) is 2.65. The predicted molar refractivity (Wildman–Crippen MR) is 145 cm³/mol. The van der Waals surface area contributed by atoms with Crippen LogP contribution < -0.4 is 15.8 Å². The number of rotatable bonds is 10. The molecule has 38 heavy (non-hydrogen) atoms. The molecule has 13 heteroatoms. The lowest BCUT2D eigenvalue weighted by atomic mass is 10.1. The van der Waals surface area contributed by atoms with E-state index >= 15 is 0 Å². The van der Waals surface area contributed by atoms with Gasteiger partial charge >= 0.3 is 12.1 Å². The third-order valence-electron chi connectivity index (χ3n) is 5.30. The van der Waals surface area contributed by atoms with Crippen molar-refractivity contribution in [2.45, 2.75) is 71.8 Å². The van der Waals surface area contributed by atoms with Crippen molar-refractivity contribution in [3.63, 3.8) is 0 Å². The molecule has 206 valence electrons. The van der Waals surface area contributed by atoms with E-state index in [1.165, 1.54) is 6.33 Å². The van der Waals surface area contributed by atoms with Gasteiger partial charge in [0.1, 0.15) is 23.7 Å². The minimum Gasteiger partial charge on any atom is -0.490 e. The molecule has 0 fully saturated rings. The lowest BCUT2D eigenvalue weighted by molar-refractivity contribution is -0.144. The highest BCUT2D eigenvalue weighted by Crippen LogP contribution is 2.35. The topological polar surface area (TPSA) is 143 Å². The normalized spacial score (nSPS) is 13.2. The second kappa shape index (κ2) is 12.6. The van der Waals surface area contributed by atoms with E-state index in [1.807, 2.05) is 6.92 Å². The van der Waals surface area contributed by atoms with Crippen molar-refractivity contribution in [2.75, 3.05) is 11.9 Å². The summed E-state index contributed by atoms with van der Waals surface area (Å²) in [6.45, 7) is 9.40. The van der Waals surface area contributed by atoms with Crippen LogP contribution in [0.2, 0.25) is 10.0 Å². The van der Waals surface area contributed by atoms with E-state index in [0.29, 0.717) is 45.4 Å². The van der Waals surface area contributed by atoms with Gasteiger partial charge in [-0.3, -0.25) is 10.1 Å². The summed E-state index contributed by atoms with van der Waals surface area (Å²) >= 11 is 12.9. The van der Waals surface area contributed by atoms with Crippen LogP contribution in [0, 0.1) is 0 Å². The summed E-state index contributed by atoms with van der Waals surface area (Å²) in [5.41, 5.74) is 6.69. The molecule has 2 atom stereocenters. The van der Waals surface area contributed by atoms with Crippen molar-refractivity contribution in [1.29, 1.82) is 0 Å². The number of fused-ring (bicyclic) bond motifs is 1. The molecule has 0 aliphatic heterocycles. The number of amides is 1. The molecule has 1 amide bonds. The van der Waals surface area contributed by atoms with Crippen molar-refractivity contribution >= 4 is 52.2 Å². The molecule has 0 aliphatic carbocycles. The number of nitrogens with two attached hydrogens (primary N) is 1. The minimum absolute atomic E-state index is 0.211. The number of anilines is 1. The molecular weight excluding hydrogens is 535 g/mol. The maximum Gasteiger partial charge on any atom is 0.413 e. The first-order chi connectivity index (χ1) is 17.9. The van der Waals surface area contributed by atoms with Crippen LogP contribution in [-0.4, -0.2) is 55.9 Å². The third-order valence-corrected chi connectivity index (χ3v) is 6.15. The molecule has 1 unspecified atom stereocenters. The average Bonchev–Trinajstić information content (AvgIpc) is 3.25. The number of halogens is 2. The van der Waals surface area contributed by atoms with E-state index in [-0.39, 0.29) is 25.1 Å².